The van der Waals surface area contributed by atoms with E-state index in [1.807, 2.05) is 36.1 Å². The molecule has 25 heavy (non-hydrogen) atoms. The van der Waals surface area contributed by atoms with Crippen LogP contribution in [-0.2, 0) is 9.59 Å². The average Bonchev–Trinajstić information content (AvgIpc) is 2.66. The van der Waals surface area contributed by atoms with E-state index in [9.17, 15) is 9.59 Å². The lowest BCUT2D eigenvalue weighted by Gasteiger charge is -2.36. The van der Waals surface area contributed by atoms with E-state index in [-0.39, 0.29) is 11.8 Å². The van der Waals surface area contributed by atoms with Gasteiger partial charge in [0.25, 0.3) is 0 Å². The minimum absolute atomic E-state index is 0.123. The van der Waals surface area contributed by atoms with Gasteiger partial charge in [-0.15, -0.1) is 0 Å². The molecule has 1 aromatic carbocycles. The lowest BCUT2D eigenvalue weighted by atomic mass is 10.2. The smallest absolute Gasteiger partial charge is 0.243 e. The van der Waals surface area contributed by atoms with Crippen LogP contribution in [0, 0.1) is 0 Å². The fourth-order valence-corrected chi connectivity index (χ4v) is 2.78. The van der Waals surface area contributed by atoms with Gasteiger partial charge in [-0.25, -0.2) is 0 Å². The highest BCUT2D eigenvalue weighted by atomic mass is 16.2. The van der Waals surface area contributed by atoms with Gasteiger partial charge in [0.2, 0.25) is 11.8 Å². The van der Waals surface area contributed by atoms with Crippen molar-refractivity contribution in [3.8, 4) is 0 Å². The molecule has 0 unspecified atom stereocenters. The van der Waals surface area contributed by atoms with Gasteiger partial charge in [-0.2, -0.15) is 0 Å². The van der Waals surface area contributed by atoms with E-state index < -0.39 is 0 Å². The normalized spacial score (nSPS) is 15.1. The topological polar surface area (TPSA) is 52.7 Å². The molecule has 1 N–H and O–H groups in total. The molecule has 0 radical (unpaired) electrons. The average molecular weight is 341 g/mol. The number of anilines is 1. The number of nitrogens with one attached hydrogen (secondary N) is 1. The molecule has 1 saturated heterocycles. The second kappa shape index (κ2) is 10.3. The van der Waals surface area contributed by atoms with Crippen LogP contribution in [0.25, 0.3) is 0 Å². The fourth-order valence-electron chi connectivity index (χ4n) is 2.78. The summed E-state index contributed by atoms with van der Waals surface area (Å²) >= 11 is 0. The summed E-state index contributed by atoms with van der Waals surface area (Å²) in [7, 11) is 0. The van der Waals surface area contributed by atoms with Crippen LogP contribution in [0.1, 0.15) is 19.8 Å². The molecule has 0 spiro atoms. The number of hydrogen-bond donors (Lipinski definition) is 1. The maximum absolute atomic E-state index is 12.3. The van der Waals surface area contributed by atoms with Gasteiger partial charge in [0.1, 0.15) is 0 Å². The Balaban J connectivity index is 1.63. The molecule has 5 nitrogen and oxygen atoms in total. The Kier molecular flexibility index (Phi) is 7.76. The molecule has 0 aliphatic carbocycles. The predicted molar refractivity (Wildman–Crippen MR) is 101 cm³/mol. The number of para-hydroxylation sites is 1. The van der Waals surface area contributed by atoms with E-state index in [1.54, 1.807) is 12.2 Å². The zero-order chi connectivity index (χ0) is 17.9. The Hall–Kier alpha value is -2.56. The van der Waals surface area contributed by atoms with Crippen molar-refractivity contribution >= 4 is 17.5 Å². The molecule has 0 saturated carbocycles. The van der Waals surface area contributed by atoms with E-state index in [1.165, 1.54) is 11.8 Å². The minimum Gasteiger partial charge on any atom is -0.368 e. The molecule has 0 aromatic heterocycles. The number of carbonyl (C=O) groups is 2. The first-order valence-electron chi connectivity index (χ1n) is 8.85. The SMILES string of the molecule is CC=CC=CC(=O)NCCCC(=O)N1CCN(c2ccccc2)CC1. The summed E-state index contributed by atoms with van der Waals surface area (Å²) in [4.78, 5) is 28.0. The third-order valence-corrected chi connectivity index (χ3v) is 4.17. The van der Waals surface area contributed by atoms with Gasteiger partial charge < -0.3 is 15.1 Å². The highest BCUT2D eigenvalue weighted by molar-refractivity contribution is 5.87. The lowest BCUT2D eigenvalue weighted by Crippen LogP contribution is -2.48. The molecule has 2 amide bonds. The molecular formula is C20H27N3O2. The maximum Gasteiger partial charge on any atom is 0.243 e. The number of hydrogen-bond acceptors (Lipinski definition) is 3. The Bertz CT molecular complexity index is 603. The van der Waals surface area contributed by atoms with E-state index >= 15 is 0 Å². The van der Waals surface area contributed by atoms with E-state index in [0.717, 1.165) is 26.2 Å². The standard InChI is InChI=1S/C20H27N3O2/c1-2-3-5-11-19(24)21-13-8-12-20(25)23-16-14-22(15-17-23)18-9-6-4-7-10-18/h2-7,9-11H,8,12-17H2,1H3,(H,21,24). The van der Waals surface area contributed by atoms with Crippen LogP contribution in [0.5, 0.6) is 0 Å². The van der Waals surface area contributed by atoms with Crippen molar-refractivity contribution < 1.29 is 9.59 Å². The molecule has 5 heteroatoms. The van der Waals surface area contributed by atoms with Gasteiger partial charge in [0.15, 0.2) is 0 Å². The maximum atomic E-state index is 12.3. The summed E-state index contributed by atoms with van der Waals surface area (Å²) in [5.74, 6) is 0.0495. The van der Waals surface area contributed by atoms with Crippen LogP contribution >= 0.6 is 0 Å². The number of allylic oxidation sites excluding steroid dienone is 3. The Morgan fingerprint density at radius 2 is 1.80 bits per heavy atom. The zero-order valence-electron chi connectivity index (χ0n) is 14.9. The second-order valence-electron chi connectivity index (χ2n) is 5.98. The highest BCUT2D eigenvalue weighted by Crippen LogP contribution is 2.15. The Morgan fingerprint density at radius 1 is 1.08 bits per heavy atom. The van der Waals surface area contributed by atoms with Crippen molar-refractivity contribution in [2.45, 2.75) is 19.8 Å². The highest BCUT2D eigenvalue weighted by Gasteiger charge is 2.20. The monoisotopic (exact) mass is 341 g/mol. The number of benzene rings is 1. The zero-order valence-corrected chi connectivity index (χ0v) is 14.9. The lowest BCUT2D eigenvalue weighted by molar-refractivity contribution is -0.131. The molecule has 2 rings (SSSR count). The molecule has 1 heterocycles. The molecule has 134 valence electrons. The summed E-state index contributed by atoms with van der Waals surface area (Å²) in [5.41, 5.74) is 1.21. The second-order valence-corrected chi connectivity index (χ2v) is 5.98. The largest absolute Gasteiger partial charge is 0.368 e. The molecule has 1 aliphatic rings. The molecule has 1 aliphatic heterocycles. The van der Waals surface area contributed by atoms with E-state index in [0.29, 0.717) is 19.4 Å². The summed E-state index contributed by atoms with van der Waals surface area (Å²) in [6, 6.07) is 10.3. The van der Waals surface area contributed by atoms with Crippen molar-refractivity contribution in [2.24, 2.45) is 0 Å². The molecule has 0 bridgehead atoms. The fraction of sp³-hybridized carbons (Fsp3) is 0.400. The van der Waals surface area contributed by atoms with Gasteiger partial charge >= 0.3 is 0 Å². The first-order valence-corrected chi connectivity index (χ1v) is 8.85. The minimum atomic E-state index is -0.123. The predicted octanol–water partition coefficient (Wildman–Crippen LogP) is 2.36. The summed E-state index contributed by atoms with van der Waals surface area (Å²) < 4.78 is 0. The third kappa shape index (κ3) is 6.45. The van der Waals surface area contributed by atoms with Crippen molar-refractivity contribution in [3.63, 3.8) is 0 Å². The molecule has 1 fully saturated rings. The van der Waals surface area contributed by atoms with Crippen LogP contribution in [0.2, 0.25) is 0 Å². The van der Waals surface area contributed by atoms with Crippen molar-refractivity contribution in [1.29, 1.82) is 0 Å². The number of carbonyl (C=O) groups excluding carboxylic acids is 2. The van der Waals surface area contributed by atoms with Crippen molar-refractivity contribution in [3.05, 3.63) is 54.6 Å². The van der Waals surface area contributed by atoms with Gasteiger partial charge in [-0.1, -0.05) is 36.4 Å². The molecule has 1 aromatic rings. The number of nitrogens with zero attached hydrogens (tertiary/aromatic N) is 2. The van der Waals surface area contributed by atoms with Gasteiger partial charge in [0, 0.05) is 50.9 Å². The first kappa shape index (κ1) is 18.8. The van der Waals surface area contributed by atoms with Crippen molar-refractivity contribution in [1.82, 2.24) is 10.2 Å². The molecule has 0 atom stereocenters. The Morgan fingerprint density at radius 3 is 2.48 bits per heavy atom. The summed E-state index contributed by atoms with van der Waals surface area (Å²) in [6.45, 7) is 5.66. The van der Waals surface area contributed by atoms with Crippen molar-refractivity contribution in [2.75, 3.05) is 37.6 Å². The van der Waals surface area contributed by atoms with Gasteiger partial charge in [0.05, 0.1) is 0 Å². The quantitative estimate of drug-likeness (QED) is 0.471. The van der Waals surface area contributed by atoms with Gasteiger partial charge in [-0.05, 0) is 25.5 Å². The van der Waals surface area contributed by atoms with Crippen LogP contribution in [0.15, 0.2) is 54.6 Å². The number of amides is 2. The summed E-state index contributed by atoms with van der Waals surface area (Å²) in [5, 5.41) is 2.79. The van der Waals surface area contributed by atoms with E-state index in [4.69, 9.17) is 0 Å². The summed E-state index contributed by atoms with van der Waals surface area (Å²) in [6.07, 6.45) is 8.00. The first-order chi connectivity index (χ1) is 12.2. The van der Waals surface area contributed by atoms with Crippen LogP contribution in [0.3, 0.4) is 0 Å². The third-order valence-electron chi connectivity index (χ3n) is 4.17. The molecular weight excluding hydrogens is 314 g/mol. The number of piperazine rings is 1. The Labute approximate surface area is 150 Å². The van der Waals surface area contributed by atoms with Gasteiger partial charge in [-0.3, -0.25) is 9.59 Å². The van der Waals surface area contributed by atoms with E-state index in [2.05, 4.69) is 22.3 Å². The number of rotatable bonds is 7. The van der Waals surface area contributed by atoms with Crippen LogP contribution < -0.4 is 10.2 Å². The van der Waals surface area contributed by atoms with Crippen LogP contribution in [-0.4, -0.2) is 49.4 Å². The van der Waals surface area contributed by atoms with Crippen LogP contribution in [0.4, 0.5) is 5.69 Å².